The number of rotatable bonds is 7. The smallest absolute Gasteiger partial charge is 0.272 e. The van der Waals surface area contributed by atoms with Crippen molar-refractivity contribution in [3.05, 3.63) is 59.0 Å². The molecule has 5 nitrogen and oxygen atoms in total. The fraction of sp³-hybridized carbons (Fsp3) is 0.304. The third kappa shape index (κ3) is 4.48. The summed E-state index contributed by atoms with van der Waals surface area (Å²) in [4.78, 5) is 28.2. The number of nitrogens with zero attached hydrogens (tertiary/aromatic N) is 1. The minimum absolute atomic E-state index is 0.0493. The van der Waals surface area contributed by atoms with Crippen LogP contribution in [-0.2, 0) is 9.59 Å². The van der Waals surface area contributed by atoms with E-state index in [-0.39, 0.29) is 23.2 Å². The molecule has 0 atom stereocenters. The molecule has 0 N–H and O–H groups in total. The highest BCUT2D eigenvalue weighted by molar-refractivity contribution is 8.04. The Bertz CT molecular complexity index is 930. The molecule has 3 rings (SSSR count). The van der Waals surface area contributed by atoms with Gasteiger partial charge in [-0.2, -0.15) is 0 Å². The van der Waals surface area contributed by atoms with E-state index in [1.54, 1.807) is 43.5 Å². The lowest BCUT2D eigenvalue weighted by Gasteiger charge is -2.17. The molecule has 2 amide bonds. The largest absolute Gasteiger partial charge is 0.497 e. The summed E-state index contributed by atoms with van der Waals surface area (Å²) in [7, 11) is 1.59. The summed E-state index contributed by atoms with van der Waals surface area (Å²) in [6.45, 7) is 7.90. The number of ether oxygens (including phenoxy) is 2. The van der Waals surface area contributed by atoms with E-state index in [0.29, 0.717) is 33.2 Å². The van der Waals surface area contributed by atoms with Crippen LogP contribution < -0.4 is 14.4 Å². The molecule has 0 saturated heterocycles. The van der Waals surface area contributed by atoms with Crippen molar-refractivity contribution in [3.8, 4) is 11.5 Å². The monoisotopic (exact) mass is 411 g/mol. The van der Waals surface area contributed by atoms with Crippen molar-refractivity contribution in [1.29, 1.82) is 0 Å². The Morgan fingerprint density at radius 2 is 1.41 bits per heavy atom. The average molecular weight is 412 g/mol. The second-order valence-electron chi connectivity index (χ2n) is 7.21. The number of benzene rings is 2. The number of methoxy groups -OCH3 is 1. The average Bonchev–Trinajstić information content (AvgIpc) is 2.91. The van der Waals surface area contributed by atoms with E-state index in [1.807, 2.05) is 39.8 Å². The Labute approximate surface area is 175 Å². The van der Waals surface area contributed by atoms with Gasteiger partial charge in [0.15, 0.2) is 0 Å². The number of imide groups is 1. The van der Waals surface area contributed by atoms with Crippen molar-refractivity contribution in [2.45, 2.75) is 39.0 Å². The molecule has 2 aromatic carbocycles. The van der Waals surface area contributed by atoms with Crippen molar-refractivity contribution in [1.82, 2.24) is 0 Å². The fourth-order valence-electron chi connectivity index (χ4n) is 3.05. The van der Waals surface area contributed by atoms with Gasteiger partial charge in [-0.25, -0.2) is 4.90 Å². The lowest BCUT2D eigenvalue weighted by molar-refractivity contribution is -0.119. The molecule has 1 heterocycles. The van der Waals surface area contributed by atoms with Crippen LogP contribution in [0.5, 0.6) is 11.5 Å². The Hall–Kier alpha value is -2.73. The summed E-state index contributed by atoms with van der Waals surface area (Å²) in [5.74, 6) is 0.780. The molecule has 6 heteroatoms. The molecule has 0 radical (unpaired) electrons. The summed E-state index contributed by atoms with van der Waals surface area (Å²) >= 11 is 1.41. The first-order valence-corrected chi connectivity index (χ1v) is 10.4. The SMILES string of the molecule is COc1ccc(C2=C(SC(C)C)C(=O)N(c3ccc(OC(C)C)cc3)C2=O)cc1. The number of hydrogen-bond donors (Lipinski definition) is 0. The number of carbonyl (C=O) groups is 2. The Morgan fingerprint density at radius 3 is 1.93 bits per heavy atom. The van der Waals surface area contributed by atoms with Crippen LogP contribution in [0.4, 0.5) is 5.69 Å². The lowest BCUT2D eigenvalue weighted by atomic mass is 10.1. The lowest BCUT2D eigenvalue weighted by Crippen LogP contribution is -2.31. The Morgan fingerprint density at radius 1 is 0.828 bits per heavy atom. The molecule has 1 aliphatic rings. The molecule has 2 aromatic rings. The standard InChI is InChI=1S/C23H25NO4S/c1-14(2)28-19-12-8-17(9-13-19)24-22(25)20(21(23(24)26)29-15(3)4)16-6-10-18(27-5)11-7-16/h6-15H,1-5H3. The van der Waals surface area contributed by atoms with Crippen LogP contribution >= 0.6 is 11.8 Å². The highest BCUT2D eigenvalue weighted by Crippen LogP contribution is 2.40. The van der Waals surface area contributed by atoms with Gasteiger partial charge in [-0.1, -0.05) is 26.0 Å². The quantitative estimate of drug-likeness (QED) is 0.606. The Kier molecular flexibility index (Phi) is 6.33. The molecule has 0 bridgehead atoms. The van der Waals surface area contributed by atoms with E-state index in [4.69, 9.17) is 9.47 Å². The molecule has 0 saturated carbocycles. The van der Waals surface area contributed by atoms with E-state index in [2.05, 4.69) is 0 Å². The minimum atomic E-state index is -0.319. The van der Waals surface area contributed by atoms with Crippen LogP contribution in [0.25, 0.3) is 5.57 Å². The number of anilines is 1. The predicted octanol–water partition coefficient (Wildman–Crippen LogP) is 4.91. The third-order valence-corrected chi connectivity index (χ3v) is 5.33. The second kappa shape index (κ2) is 8.74. The number of carbonyl (C=O) groups excluding carboxylic acids is 2. The molecule has 0 fully saturated rings. The third-order valence-electron chi connectivity index (χ3n) is 4.24. The van der Waals surface area contributed by atoms with Crippen LogP contribution in [0.2, 0.25) is 0 Å². The maximum Gasteiger partial charge on any atom is 0.272 e. The molecule has 0 aliphatic carbocycles. The maximum absolute atomic E-state index is 13.3. The summed E-state index contributed by atoms with van der Waals surface area (Å²) in [5.41, 5.74) is 1.66. The topological polar surface area (TPSA) is 55.8 Å². The van der Waals surface area contributed by atoms with Crippen LogP contribution in [0.3, 0.4) is 0 Å². The van der Waals surface area contributed by atoms with Crippen LogP contribution in [0.1, 0.15) is 33.3 Å². The van der Waals surface area contributed by atoms with Crippen molar-refractivity contribution in [3.63, 3.8) is 0 Å². The zero-order chi connectivity index (χ0) is 21.1. The van der Waals surface area contributed by atoms with Gasteiger partial charge < -0.3 is 9.47 Å². The Balaban J connectivity index is 1.98. The van der Waals surface area contributed by atoms with Gasteiger partial charge in [-0.05, 0) is 55.8 Å². The molecule has 0 spiro atoms. The van der Waals surface area contributed by atoms with Crippen LogP contribution in [0, 0.1) is 0 Å². The van der Waals surface area contributed by atoms with E-state index < -0.39 is 0 Å². The minimum Gasteiger partial charge on any atom is -0.497 e. The van der Waals surface area contributed by atoms with Gasteiger partial charge in [0.25, 0.3) is 11.8 Å². The van der Waals surface area contributed by atoms with Gasteiger partial charge in [0, 0.05) is 5.25 Å². The summed E-state index contributed by atoms with van der Waals surface area (Å²) in [6, 6.07) is 14.2. The van der Waals surface area contributed by atoms with Crippen LogP contribution in [-0.4, -0.2) is 30.3 Å². The zero-order valence-corrected chi connectivity index (χ0v) is 18.1. The van der Waals surface area contributed by atoms with Gasteiger partial charge >= 0.3 is 0 Å². The summed E-state index contributed by atoms with van der Waals surface area (Å²) < 4.78 is 10.9. The first-order chi connectivity index (χ1) is 13.8. The predicted molar refractivity (Wildman–Crippen MR) is 117 cm³/mol. The van der Waals surface area contributed by atoms with Crippen molar-refractivity contribution in [2.24, 2.45) is 0 Å². The fourth-order valence-corrected chi connectivity index (χ4v) is 4.03. The molecular formula is C23H25NO4S. The highest BCUT2D eigenvalue weighted by atomic mass is 32.2. The molecular weight excluding hydrogens is 386 g/mol. The molecule has 0 unspecified atom stereocenters. The molecule has 29 heavy (non-hydrogen) atoms. The van der Waals surface area contributed by atoms with Crippen molar-refractivity contribution in [2.75, 3.05) is 12.0 Å². The van der Waals surface area contributed by atoms with Gasteiger partial charge in [0.2, 0.25) is 0 Å². The van der Waals surface area contributed by atoms with Crippen molar-refractivity contribution >= 4 is 34.8 Å². The second-order valence-corrected chi connectivity index (χ2v) is 8.79. The van der Waals surface area contributed by atoms with Gasteiger partial charge in [-0.15, -0.1) is 11.8 Å². The molecule has 152 valence electrons. The number of amides is 2. The highest BCUT2D eigenvalue weighted by Gasteiger charge is 2.40. The van der Waals surface area contributed by atoms with Gasteiger partial charge in [-0.3, -0.25) is 9.59 Å². The summed E-state index contributed by atoms with van der Waals surface area (Å²) in [6.07, 6.45) is 0.0493. The number of hydrogen-bond acceptors (Lipinski definition) is 5. The van der Waals surface area contributed by atoms with Crippen molar-refractivity contribution < 1.29 is 19.1 Å². The summed E-state index contributed by atoms with van der Waals surface area (Å²) in [5, 5.41) is 0.164. The molecule has 0 aromatic heterocycles. The first-order valence-electron chi connectivity index (χ1n) is 9.52. The van der Waals surface area contributed by atoms with E-state index >= 15 is 0 Å². The van der Waals surface area contributed by atoms with E-state index in [1.165, 1.54) is 16.7 Å². The molecule has 1 aliphatic heterocycles. The van der Waals surface area contributed by atoms with Gasteiger partial charge in [0.1, 0.15) is 11.5 Å². The first kappa shape index (κ1) is 21.0. The normalized spacial score (nSPS) is 14.4. The van der Waals surface area contributed by atoms with Gasteiger partial charge in [0.05, 0.1) is 29.4 Å². The number of thioether (sulfide) groups is 1. The zero-order valence-electron chi connectivity index (χ0n) is 17.3. The van der Waals surface area contributed by atoms with Crippen LogP contribution in [0.15, 0.2) is 53.4 Å². The van der Waals surface area contributed by atoms with E-state index in [0.717, 1.165) is 0 Å². The maximum atomic E-state index is 13.3. The van der Waals surface area contributed by atoms with E-state index in [9.17, 15) is 9.59 Å².